The molecule has 0 saturated carbocycles. The predicted octanol–water partition coefficient (Wildman–Crippen LogP) is 4.03. The van der Waals surface area contributed by atoms with E-state index in [0.717, 1.165) is 0 Å². The summed E-state index contributed by atoms with van der Waals surface area (Å²) in [4.78, 5) is 25.2. The standard InChI is InChI=1S/C23H23BrClN3O4/c1-5-10-32-21-17(24)11-15(12-19(21)31-4)13-26-28-23(30)20(14(2)3)27-22(29)16-8-6-7-9-18(16)25/h1,6-9,11-14,20H,10H2,2-4H3,(H,27,29)(H,28,30). The van der Waals surface area contributed by atoms with E-state index in [9.17, 15) is 9.59 Å². The molecule has 0 aliphatic rings. The number of hydrogen-bond acceptors (Lipinski definition) is 5. The van der Waals surface area contributed by atoms with Gasteiger partial charge in [-0.25, -0.2) is 5.43 Å². The Balaban J connectivity index is 2.10. The molecule has 32 heavy (non-hydrogen) atoms. The van der Waals surface area contributed by atoms with Gasteiger partial charge in [-0.2, -0.15) is 5.10 Å². The smallest absolute Gasteiger partial charge is 0.262 e. The summed E-state index contributed by atoms with van der Waals surface area (Å²) in [5.74, 6) is 2.23. The highest BCUT2D eigenvalue weighted by Gasteiger charge is 2.25. The zero-order chi connectivity index (χ0) is 23.7. The number of carbonyl (C=O) groups excluding carboxylic acids is 2. The van der Waals surface area contributed by atoms with Crippen LogP contribution in [0.25, 0.3) is 0 Å². The molecule has 2 rings (SSSR count). The number of nitrogens with zero attached hydrogens (tertiary/aromatic N) is 1. The fourth-order valence-electron chi connectivity index (χ4n) is 2.71. The maximum atomic E-state index is 12.6. The van der Waals surface area contributed by atoms with E-state index < -0.39 is 17.9 Å². The second-order valence-electron chi connectivity index (χ2n) is 6.94. The molecule has 0 aliphatic carbocycles. The third-order valence-corrected chi connectivity index (χ3v) is 5.21. The van der Waals surface area contributed by atoms with Gasteiger partial charge in [0.15, 0.2) is 11.5 Å². The molecular weight excluding hydrogens is 498 g/mol. The molecule has 0 aromatic heterocycles. The molecule has 2 amide bonds. The quantitative estimate of drug-likeness (QED) is 0.297. The number of benzene rings is 2. The maximum Gasteiger partial charge on any atom is 0.262 e. The second kappa shape index (κ2) is 12.1. The Morgan fingerprint density at radius 1 is 1.31 bits per heavy atom. The molecule has 0 spiro atoms. The van der Waals surface area contributed by atoms with Crippen LogP contribution >= 0.6 is 27.5 Å². The molecule has 168 valence electrons. The zero-order valence-electron chi connectivity index (χ0n) is 17.8. The molecule has 9 heteroatoms. The Bertz CT molecular complexity index is 1050. The van der Waals surface area contributed by atoms with Gasteiger partial charge in [0.2, 0.25) is 0 Å². The van der Waals surface area contributed by atoms with E-state index in [2.05, 4.69) is 37.7 Å². The topological polar surface area (TPSA) is 89.0 Å². The van der Waals surface area contributed by atoms with Crippen molar-refractivity contribution in [3.8, 4) is 23.8 Å². The number of amides is 2. The lowest BCUT2D eigenvalue weighted by Crippen LogP contribution is -2.48. The molecule has 1 atom stereocenters. The fourth-order valence-corrected chi connectivity index (χ4v) is 3.50. The Morgan fingerprint density at radius 2 is 2.03 bits per heavy atom. The van der Waals surface area contributed by atoms with E-state index in [4.69, 9.17) is 27.5 Å². The van der Waals surface area contributed by atoms with Gasteiger partial charge in [0, 0.05) is 0 Å². The minimum Gasteiger partial charge on any atom is -0.493 e. The first-order valence-electron chi connectivity index (χ1n) is 9.60. The van der Waals surface area contributed by atoms with Crippen LogP contribution in [0.1, 0.15) is 29.8 Å². The minimum atomic E-state index is -0.809. The SMILES string of the molecule is C#CCOc1c(Br)cc(C=NNC(=O)C(NC(=O)c2ccccc2Cl)C(C)C)cc1OC. The summed E-state index contributed by atoms with van der Waals surface area (Å²) in [6, 6.07) is 9.24. The predicted molar refractivity (Wildman–Crippen MR) is 128 cm³/mol. The van der Waals surface area contributed by atoms with E-state index in [1.54, 1.807) is 36.4 Å². The average Bonchev–Trinajstić information content (AvgIpc) is 2.76. The first kappa shape index (κ1) is 25.2. The molecular formula is C23H23BrClN3O4. The molecule has 0 bridgehead atoms. The van der Waals surface area contributed by atoms with Crippen molar-refractivity contribution in [3.05, 3.63) is 57.0 Å². The number of carbonyl (C=O) groups is 2. The molecule has 0 fully saturated rings. The van der Waals surface area contributed by atoms with Gasteiger partial charge in [-0.05, 0) is 51.7 Å². The maximum absolute atomic E-state index is 12.6. The zero-order valence-corrected chi connectivity index (χ0v) is 20.2. The third-order valence-electron chi connectivity index (χ3n) is 4.29. The summed E-state index contributed by atoms with van der Waals surface area (Å²) in [5.41, 5.74) is 3.39. The first-order chi connectivity index (χ1) is 15.3. The van der Waals surface area contributed by atoms with Gasteiger partial charge in [-0.3, -0.25) is 9.59 Å². The van der Waals surface area contributed by atoms with Crippen LogP contribution in [0.15, 0.2) is 46.0 Å². The van der Waals surface area contributed by atoms with Crippen molar-refractivity contribution in [2.45, 2.75) is 19.9 Å². The van der Waals surface area contributed by atoms with Crippen molar-refractivity contribution in [1.82, 2.24) is 10.7 Å². The van der Waals surface area contributed by atoms with Crippen LogP contribution in [-0.4, -0.2) is 37.8 Å². The number of nitrogens with one attached hydrogen (secondary N) is 2. The van der Waals surface area contributed by atoms with Crippen molar-refractivity contribution in [1.29, 1.82) is 0 Å². The number of methoxy groups -OCH3 is 1. The van der Waals surface area contributed by atoms with E-state index in [-0.39, 0.29) is 12.5 Å². The van der Waals surface area contributed by atoms with Crippen molar-refractivity contribution in [2.75, 3.05) is 13.7 Å². The highest BCUT2D eigenvalue weighted by Crippen LogP contribution is 2.36. The second-order valence-corrected chi connectivity index (χ2v) is 8.20. The average molecular weight is 521 g/mol. The minimum absolute atomic E-state index is 0.0922. The van der Waals surface area contributed by atoms with Crippen LogP contribution in [0, 0.1) is 18.3 Å². The highest BCUT2D eigenvalue weighted by atomic mass is 79.9. The van der Waals surface area contributed by atoms with Gasteiger partial charge in [0.1, 0.15) is 12.6 Å². The molecule has 0 saturated heterocycles. The van der Waals surface area contributed by atoms with Crippen molar-refractivity contribution < 1.29 is 19.1 Å². The van der Waals surface area contributed by atoms with E-state index in [1.165, 1.54) is 13.3 Å². The number of ether oxygens (including phenoxy) is 2. The fraction of sp³-hybridized carbons (Fsp3) is 0.261. The molecule has 2 aromatic rings. The van der Waals surface area contributed by atoms with Gasteiger partial charge in [0.25, 0.3) is 11.8 Å². The lowest BCUT2D eigenvalue weighted by Gasteiger charge is -2.20. The molecule has 2 aromatic carbocycles. The van der Waals surface area contributed by atoms with E-state index in [0.29, 0.717) is 32.1 Å². The van der Waals surface area contributed by atoms with E-state index in [1.807, 2.05) is 13.8 Å². The van der Waals surface area contributed by atoms with Gasteiger partial charge < -0.3 is 14.8 Å². The lowest BCUT2D eigenvalue weighted by molar-refractivity contribution is -0.123. The monoisotopic (exact) mass is 519 g/mol. The normalized spacial score (nSPS) is 11.7. The number of rotatable bonds is 9. The summed E-state index contributed by atoms with van der Waals surface area (Å²) in [5, 5.41) is 7.01. The lowest BCUT2D eigenvalue weighted by atomic mass is 10.0. The third kappa shape index (κ3) is 6.74. The summed E-state index contributed by atoms with van der Waals surface area (Å²) >= 11 is 9.48. The summed E-state index contributed by atoms with van der Waals surface area (Å²) in [6.07, 6.45) is 6.68. The van der Waals surface area contributed by atoms with Crippen LogP contribution in [0.4, 0.5) is 0 Å². The Labute approximate surface area is 200 Å². The number of hydrazone groups is 1. The van der Waals surface area contributed by atoms with Crippen LogP contribution in [0.5, 0.6) is 11.5 Å². The molecule has 2 N–H and O–H groups in total. The van der Waals surface area contributed by atoms with Crippen LogP contribution in [-0.2, 0) is 4.79 Å². The Kier molecular flexibility index (Phi) is 9.57. The van der Waals surface area contributed by atoms with Crippen LogP contribution in [0.3, 0.4) is 0 Å². The van der Waals surface area contributed by atoms with Gasteiger partial charge in [-0.15, -0.1) is 6.42 Å². The van der Waals surface area contributed by atoms with Crippen LogP contribution in [0.2, 0.25) is 5.02 Å². The summed E-state index contributed by atoms with van der Waals surface area (Å²) in [7, 11) is 1.50. The van der Waals surface area contributed by atoms with Crippen molar-refractivity contribution >= 4 is 45.6 Å². The van der Waals surface area contributed by atoms with Crippen LogP contribution < -0.4 is 20.2 Å². The first-order valence-corrected chi connectivity index (χ1v) is 10.8. The molecule has 0 radical (unpaired) electrons. The molecule has 7 nitrogen and oxygen atoms in total. The highest BCUT2D eigenvalue weighted by molar-refractivity contribution is 9.10. The molecule has 0 aliphatic heterocycles. The Hall–Kier alpha value is -3.02. The van der Waals surface area contributed by atoms with Crippen molar-refractivity contribution in [3.63, 3.8) is 0 Å². The van der Waals surface area contributed by atoms with E-state index >= 15 is 0 Å². The van der Waals surface area contributed by atoms with Crippen molar-refractivity contribution in [2.24, 2.45) is 11.0 Å². The number of hydrogen-bond donors (Lipinski definition) is 2. The summed E-state index contributed by atoms with van der Waals surface area (Å²) in [6.45, 7) is 3.73. The van der Waals surface area contributed by atoms with Gasteiger partial charge in [0.05, 0.1) is 28.4 Å². The summed E-state index contributed by atoms with van der Waals surface area (Å²) < 4.78 is 11.4. The Morgan fingerprint density at radius 3 is 2.66 bits per heavy atom. The molecule has 0 heterocycles. The number of terminal acetylenes is 1. The largest absolute Gasteiger partial charge is 0.493 e. The molecule has 1 unspecified atom stereocenters. The van der Waals surface area contributed by atoms with Gasteiger partial charge in [-0.1, -0.05) is 43.5 Å². The van der Waals surface area contributed by atoms with Gasteiger partial charge >= 0.3 is 0 Å². The number of halogens is 2.